The minimum absolute atomic E-state index is 0.0145. The number of ketones is 1. The number of esters is 4. The summed E-state index contributed by atoms with van der Waals surface area (Å²) in [5.41, 5.74) is 0.608. The molecule has 1 aliphatic heterocycles. The maximum absolute atomic E-state index is 12.7. The second kappa shape index (κ2) is 14.2. The second-order valence-electron chi connectivity index (χ2n) is 9.15. The number of benzene rings is 1. The quantitative estimate of drug-likeness (QED) is 0.234. The van der Waals surface area contributed by atoms with Crippen molar-refractivity contribution in [1.82, 2.24) is 4.98 Å². The summed E-state index contributed by atoms with van der Waals surface area (Å²) in [6, 6.07) is 9.25. The van der Waals surface area contributed by atoms with Gasteiger partial charge in [-0.05, 0) is 24.3 Å². The first kappa shape index (κ1) is 31.0. The summed E-state index contributed by atoms with van der Waals surface area (Å²) >= 11 is 0. The van der Waals surface area contributed by atoms with Gasteiger partial charge in [0.05, 0.1) is 12.0 Å². The minimum atomic E-state index is -1.33. The summed E-state index contributed by atoms with van der Waals surface area (Å²) in [7, 11) is 0. The van der Waals surface area contributed by atoms with Gasteiger partial charge in [-0.1, -0.05) is 6.07 Å². The largest absolute Gasteiger partial charge is 0.507 e. The van der Waals surface area contributed by atoms with E-state index >= 15 is 0 Å². The number of phenols is 1. The van der Waals surface area contributed by atoms with Crippen LogP contribution in [0.5, 0.6) is 11.5 Å². The first-order valence-corrected chi connectivity index (χ1v) is 12.6. The van der Waals surface area contributed by atoms with Crippen LogP contribution >= 0.6 is 0 Å². The van der Waals surface area contributed by atoms with Crippen LogP contribution in [-0.2, 0) is 49.3 Å². The fraction of sp³-hybridized carbons (Fsp3) is 0.429. The summed E-state index contributed by atoms with van der Waals surface area (Å²) in [5.74, 6) is -3.42. The number of carbonyl (C=O) groups is 5. The van der Waals surface area contributed by atoms with Crippen molar-refractivity contribution in [2.24, 2.45) is 0 Å². The SMILES string of the molecule is CC(=O)OC[C@H]1O[C@@H](COc2ccc(C(=O)Cc3ccccn3)c(O)c2)[C@H](OC(C)=O)[C@@H](OC(C)=O)[C@@H]1OC(C)=O. The first-order chi connectivity index (χ1) is 19.4. The van der Waals surface area contributed by atoms with Crippen LogP contribution in [0.3, 0.4) is 0 Å². The van der Waals surface area contributed by atoms with E-state index in [9.17, 15) is 29.1 Å². The molecule has 2 heterocycles. The van der Waals surface area contributed by atoms with E-state index in [1.54, 1.807) is 24.4 Å². The van der Waals surface area contributed by atoms with Crippen molar-refractivity contribution in [3.05, 3.63) is 53.9 Å². The van der Waals surface area contributed by atoms with E-state index in [-0.39, 0.29) is 42.5 Å². The molecule has 2 aromatic rings. The van der Waals surface area contributed by atoms with Gasteiger partial charge in [0.1, 0.15) is 36.9 Å². The van der Waals surface area contributed by atoms with E-state index in [2.05, 4.69) is 4.98 Å². The van der Waals surface area contributed by atoms with Gasteiger partial charge in [0, 0.05) is 45.7 Å². The highest BCUT2D eigenvalue weighted by molar-refractivity contribution is 5.99. The molecule has 13 heteroatoms. The molecule has 0 amide bonds. The molecule has 1 aliphatic rings. The Kier molecular flexibility index (Phi) is 10.8. The molecule has 3 rings (SSSR count). The van der Waals surface area contributed by atoms with Gasteiger partial charge >= 0.3 is 23.9 Å². The monoisotopic (exact) mass is 573 g/mol. The van der Waals surface area contributed by atoms with Crippen LogP contribution in [0, 0.1) is 0 Å². The van der Waals surface area contributed by atoms with Crippen molar-refractivity contribution >= 4 is 29.7 Å². The number of carbonyl (C=O) groups excluding carboxylic acids is 5. The molecule has 0 aliphatic carbocycles. The molecule has 0 saturated carbocycles. The number of ether oxygens (including phenoxy) is 6. The third-order valence-corrected chi connectivity index (χ3v) is 5.84. The van der Waals surface area contributed by atoms with Gasteiger partial charge in [-0.15, -0.1) is 0 Å². The number of hydrogen-bond donors (Lipinski definition) is 1. The molecule has 1 N–H and O–H groups in total. The van der Waals surface area contributed by atoms with Crippen molar-refractivity contribution in [2.75, 3.05) is 13.2 Å². The van der Waals surface area contributed by atoms with E-state index in [0.29, 0.717) is 5.69 Å². The van der Waals surface area contributed by atoms with Crippen LogP contribution in [0.2, 0.25) is 0 Å². The third-order valence-electron chi connectivity index (χ3n) is 5.84. The van der Waals surface area contributed by atoms with E-state index < -0.39 is 54.4 Å². The van der Waals surface area contributed by atoms with Crippen LogP contribution < -0.4 is 4.74 Å². The Morgan fingerprint density at radius 2 is 1.41 bits per heavy atom. The zero-order valence-corrected chi connectivity index (χ0v) is 22.9. The minimum Gasteiger partial charge on any atom is -0.507 e. The van der Waals surface area contributed by atoms with Gasteiger partial charge in [-0.25, -0.2) is 0 Å². The van der Waals surface area contributed by atoms with Gasteiger partial charge in [-0.2, -0.15) is 0 Å². The number of aromatic nitrogens is 1. The Morgan fingerprint density at radius 3 is 1.95 bits per heavy atom. The average Bonchev–Trinajstić information content (AvgIpc) is 2.89. The van der Waals surface area contributed by atoms with Gasteiger partial charge in [-0.3, -0.25) is 29.0 Å². The highest BCUT2D eigenvalue weighted by Crippen LogP contribution is 2.31. The van der Waals surface area contributed by atoms with Crippen molar-refractivity contribution < 1.29 is 57.5 Å². The number of Topliss-reactive ketones (excluding diaryl/α,β-unsaturated/α-hetero) is 1. The van der Waals surface area contributed by atoms with E-state index in [1.165, 1.54) is 25.1 Å². The lowest BCUT2D eigenvalue weighted by Gasteiger charge is -2.44. The molecule has 220 valence electrons. The average molecular weight is 574 g/mol. The van der Waals surface area contributed by atoms with Gasteiger partial charge in [0.2, 0.25) is 0 Å². The van der Waals surface area contributed by atoms with E-state index in [1.807, 2.05) is 0 Å². The summed E-state index contributed by atoms with van der Waals surface area (Å²) < 4.78 is 32.9. The number of phenolic OH excluding ortho intramolecular Hbond substituents is 1. The smallest absolute Gasteiger partial charge is 0.303 e. The molecule has 1 saturated heterocycles. The van der Waals surface area contributed by atoms with Crippen molar-refractivity contribution in [3.63, 3.8) is 0 Å². The van der Waals surface area contributed by atoms with Crippen LogP contribution in [-0.4, -0.2) is 83.5 Å². The zero-order valence-electron chi connectivity index (χ0n) is 22.9. The van der Waals surface area contributed by atoms with Gasteiger partial charge < -0.3 is 33.5 Å². The van der Waals surface area contributed by atoms with Crippen molar-refractivity contribution in [1.29, 1.82) is 0 Å². The summed E-state index contributed by atoms with van der Waals surface area (Å²) in [5, 5.41) is 10.5. The number of nitrogens with zero attached hydrogens (tertiary/aromatic N) is 1. The van der Waals surface area contributed by atoms with Crippen molar-refractivity contribution in [3.8, 4) is 11.5 Å². The zero-order chi connectivity index (χ0) is 30.1. The molecule has 0 bridgehead atoms. The van der Waals surface area contributed by atoms with Crippen LogP contribution in [0.15, 0.2) is 42.6 Å². The van der Waals surface area contributed by atoms with Crippen molar-refractivity contribution in [2.45, 2.75) is 64.6 Å². The predicted octanol–water partition coefficient (Wildman–Crippen LogP) is 1.72. The molecule has 0 spiro atoms. The lowest BCUT2D eigenvalue weighted by Crippen LogP contribution is -2.63. The first-order valence-electron chi connectivity index (χ1n) is 12.6. The Labute approximate surface area is 235 Å². The fourth-order valence-corrected chi connectivity index (χ4v) is 4.23. The lowest BCUT2D eigenvalue weighted by molar-refractivity contribution is -0.255. The summed E-state index contributed by atoms with van der Waals surface area (Å²) in [6.45, 7) is 3.88. The third kappa shape index (κ3) is 9.00. The van der Waals surface area contributed by atoms with E-state index in [4.69, 9.17) is 28.4 Å². The van der Waals surface area contributed by atoms with Gasteiger partial charge in [0.25, 0.3) is 0 Å². The molecule has 1 aromatic carbocycles. The molecule has 5 atom stereocenters. The summed E-state index contributed by atoms with van der Waals surface area (Å²) in [4.78, 5) is 64.0. The van der Waals surface area contributed by atoms with Crippen LogP contribution in [0.1, 0.15) is 43.7 Å². The molecular formula is C28H31NO12. The molecule has 0 unspecified atom stereocenters. The highest BCUT2D eigenvalue weighted by atomic mass is 16.7. The lowest BCUT2D eigenvalue weighted by atomic mass is 9.94. The molecular weight excluding hydrogens is 542 g/mol. The molecule has 1 aromatic heterocycles. The Bertz CT molecular complexity index is 1260. The Hall–Kier alpha value is -4.52. The highest BCUT2D eigenvalue weighted by Gasteiger charge is 2.52. The second-order valence-corrected chi connectivity index (χ2v) is 9.15. The molecule has 41 heavy (non-hydrogen) atoms. The normalized spacial score (nSPS) is 21.7. The standard InChI is InChI=1S/C28H31NO12/c1-15(30)36-13-24-26(38-16(2)31)28(40-18(4)33)27(39-17(3)32)25(41-24)14-37-20-8-9-21(23(35)12-20)22(34)11-19-7-5-6-10-29-19/h5-10,12,24-28,35H,11,13-14H2,1-4H3/t24-,25+,26-,27+,28+/m1/s1. The maximum atomic E-state index is 12.7. The maximum Gasteiger partial charge on any atom is 0.303 e. The Balaban J connectivity index is 1.83. The van der Waals surface area contributed by atoms with Crippen LogP contribution in [0.4, 0.5) is 0 Å². The number of rotatable bonds is 11. The van der Waals surface area contributed by atoms with E-state index in [0.717, 1.165) is 20.8 Å². The number of pyridine rings is 1. The number of hydrogen-bond acceptors (Lipinski definition) is 13. The molecule has 0 radical (unpaired) electrons. The molecule has 1 fully saturated rings. The topological polar surface area (TPSA) is 174 Å². The number of aromatic hydroxyl groups is 1. The Morgan fingerprint density at radius 1 is 0.805 bits per heavy atom. The van der Waals surface area contributed by atoms with Crippen LogP contribution in [0.25, 0.3) is 0 Å². The fourth-order valence-electron chi connectivity index (χ4n) is 4.23. The predicted molar refractivity (Wildman–Crippen MR) is 138 cm³/mol. The molecule has 13 nitrogen and oxygen atoms in total. The summed E-state index contributed by atoms with van der Waals surface area (Å²) in [6.07, 6.45) is -4.59. The van der Waals surface area contributed by atoms with Gasteiger partial charge in [0.15, 0.2) is 24.1 Å².